The zero-order valence-electron chi connectivity index (χ0n) is 9.02. The van der Waals surface area contributed by atoms with Crippen molar-refractivity contribution in [2.45, 2.75) is 13.8 Å². The van der Waals surface area contributed by atoms with Crippen LogP contribution in [0.1, 0.15) is 22.8 Å². The lowest BCUT2D eigenvalue weighted by atomic mass is 9.90. The molecule has 0 saturated carbocycles. The number of carbonyl (C=O) groups is 2. The van der Waals surface area contributed by atoms with Crippen molar-refractivity contribution in [1.82, 2.24) is 0 Å². The quantitative estimate of drug-likeness (QED) is 0.782. The van der Waals surface area contributed by atoms with Crippen LogP contribution in [0.3, 0.4) is 0 Å². The van der Waals surface area contributed by atoms with E-state index in [1.54, 1.807) is 19.1 Å². The molecule has 0 bridgehead atoms. The first-order chi connectivity index (χ1) is 7.50. The Hall–Kier alpha value is -1.97. The molecule has 1 unspecified atom stereocenters. The van der Waals surface area contributed by atoms with Gasteiger partial charge in [-0.25, -0.2) is 9.79 Å². The third-order valence-electron chi connectivity index (χ3n) is 2.68. The Balaban J connectivity index is 2.64. The predicted molar refractivity (Wildman–Crippen MR) is 59.4 cm³/mol. The zero-order valence-corrected chi connectivity index (χ0v) is 9.02. The van der Waals surface area contributed by atoms with Crippen molar-refractivity contribution >= 4 is 23.2 Å². The fourth-order valence-electron chi connectivity index (χ4n) is 1.76. The van der Waals surface area contributed by atoms with Gasteiger partial charge in [-0.3, -0.25) is 4.79 Å². The van der Waals surface area contributed by atoms with Gasteiger partial charge in [0.05, 0.1) is 11.6 Å². The molecule has 4 nitrogen and oxygen atoms in total. The minimum Gasteiger partial charge on any atom is -0.477 e. The molecule has 0 fully saturated rings. The van der Waals surface area contributed by atoms with Crippen LogP contribution in [0.4, 0.5) is 5.69 Å². The summed E-state index contributed by atoms with van der Waals surface area (Å²) in [5.74, 6) is -1.98. The van der Waals surface area contributed by atoms with Crippen LogP contribution in [-0.2, 0) is 4.79 Å². The van der Waals surface area contributed by atoms with Crippen molar-refractivity contribution in [1.29, 1.82) is 0 Å². The second-order valence-corrected chi connectivity index (χ2v) is 3.91. The van der Waals surface area contributed by atoms with Crippen LogP contribution in [0.5, 0.6) is 0 Å². The molecule has 0 aliphatic carbocycles. The van der Waals surface area contributed by atoms with Crippen molar-refractivity contribution in [2.24, 2.45) is 10.9 Å². The normalized spacial score (nSPS) is 19.0. The second-order valence-electron chi connectivity index (χ2n) is 3.91. The molecule has 0 radical (unpaired) electrons. The number of aliphatic imine (C=N–C) groups is 1. The van der Waals surface area contributed by atoms with E-state index in [0.29, 0.717) is 11.3 Å². The highest BCUT2D eigenvalue weighted by Crippen LogP contribution is 2.29. The van der Waals surface area contributed by atoms with Crippen LogP contribution in [0, 0.1) is 12.8 Å². The van der Waals surface area contributed by atoms with Gasteiger partial charge in [-0.2, -0.15) is 0 Å². The topological polar surface area (TPSA) is 66.7 Å². The van der Waals surface area contributed by atoms with Crippen LogP contribution in [0.25, 0.3) is 0 Å². The Kier molecular flexibility index (Phi) is 2.34. The molecule has 16 heavy (non-hydrogen) atoms. The van der Waals surface area contributed by atoms with E-state index in [4.69, 9.17) is 5.11 Å². The Bertz CT molecular complexity index is 517. The van der Waals surface area contributed by atoms with Gasteiger partial charge < -0.3 is 5.11 Å². The van der Waals surface area contributed by atoms with Gasteiger partial charge >= 0.3 is 5.97 Å². The van der Waals surface area contributed by atoms with Gasteiger partial charge in [0.2, 0.25) is 0 Å². The molecule has 2 rings (SSSR count). The number of rotatable bonds is 1. The smallest absolute Gasteiger partial charge is 0.351 e. The molecule has 82 valence electrons. The van der Waals surface area contributed by atoms with E-state index in [0.717, 1.165) is 5.56 Å². The summed E-state index contributed by atoms with van der Waals surface area (Å²) < 4.78 is 0. The summed E-state index contributed by atoms with van der Waals surface area (Å²) in [7, 11) is 0. The Morgan fingerprint density at radius 2 is 2.12 bits per heavy atom. The van der Waals surface area contributed by atoms with E-state index in [2.05, 4.69) is 4.99 Å². The van der Waals surface area contributed by atoms with E-state index in [-0.39, 0.29) is 11.5 Å². The number of aliphatic carboxylic acids is 1. The number of carbonyl (C=O) groups excluding carboxylic acids is 1. The lowest BCUT2D eigenvalue weighted by molar-refractivity contribution is -0.129. The van der Waals surface area contributed by atoms with E-state index in [9.17, 15) is 9.59 Å². The first kappa shape index (κ1) is 10.5. The Morgan fingerprint density at radius 1 is 1.44 bits per heavy atom. The zero-order chi connectivity index (χ0) is 11.9. The monoisotopic (exact) mass is 217 g/mol. The molecular weight excluding hydrogens is 206 g/mol. The van der Waals surface area contributed by atoms with Crippen molar-refractivity contribution in [3.8, 4) is 0 Å². The molecule has 1 N–H and O–H groups in total. The Morgan fingerprint density at radius 3 is 2.75 bits per heavy atom. The highest BCUT2D eigenvalue weighted by atomic mass is 16.4. The van der Waals surface area contributed by atoms with Crippen LogP contribution in [-0.4, -0.2) is 22.6 Å². The average molecular weight is 217 g/mol. The molecule has 4 heteroatoms. The average Bonchev–Trinajstić information content (AvgIpc) is 2.22. The van der Waals surface area contributed by atoms with E-state index < -0.39 is 11.9 Å². The highest BCUT2D eigenvalue weighted by molar-refractivity contribution is 6.43. The highest BCUT2D eigenvalue weighted by Gasteiger charge is 2.31. The second kappa shape index (κ2) is 3.56. The minimum atomic E-state index is -1.13. The summed E-state index contributed by atoms with van der Waals surface area (Å²) >= 11 is 0. The predicted octanol–water partition coefficient (Wildman–Crippen LogP) is 1.98. The van der Waals surface area contributed by atoms with Gasteiger partial charge in [-0.15, -0.1) is 0 Å². The number of benzene rings is 1. The maximum atomic E-state index is 11.9. The van der Waals surface area contributed by atoms with E-state index in [1.807, 2.05) is 13.0 Å². The Labute approximate surface area is 92.6 Å². The van der Waals surface area contributed by atoms with Gasteiger partial charge in [0.15, 0.2) is 5.78 Å². The molecule has 1 aromatic carbocycles. The summed E-state index contributed by atoms with van der Waals surface area (Å²) in [5.41, 5.74) is 1.83. The van der Waals surface area contributed by atoms with Crippen LogP contribution in [0.15, 0.2) is 23.2 Å². The molecule has 1 aliphatic heterocycles. The fraction of sp³-hybridized carbons (Fsp3) is 0.250. The van der Waals surface area contributed by atoms with Crippen molar-refractivity contribution in [3.05, 3.63) is 29.3 Å². The largest absolute Gasteiger partial charge is 0.477 e. The molecule has 1 aliphatic rings. The molecule has 0 aromatic heterocycles. The lowest BCUT2D eigenvalue weighted by Gasteiger charge is -2.18. The molecular formula is C12H11NO3. The number of carboxylic acid groups (broad SMARTS) is 1. The van der Waals surface area contributed by atoms with Gasteiger partial charge in [0.1, 0.15) is 5.71 Å². The number of hydrogen-bond donors (Lipinski definition) is 1. The first-order valence-electron chi connectivity index (χ1n) is 4.97. The van der Waals surface area contributed by atoms with Crippen LogP contribution >= 0.6 is 0 Å². The number of Topliss-reactive ketones (excluding diaryl/α,β-unsaturated/α-hetero) is 1. The van der Waals surface area contributed by atoms with Crippen molar-refractivity contribution in [2.75, 3.05) is 0 Å². The van der Waals surface area contributed by atoms with Gasteiger partial charge in [0.25, 0.3) is 0 Å². The van der Waals surface area contributed by atoms with Crippen LogP contribution in [0.2, 0.25) is 0 Å². The minimum absolute atomic E-state index is 0.0805. The standard InChI is InChI=1S/C12H11NO3/c1-6-3-4-8-9(5-6)13-10(12(15)16)7(2)11(8)14/h3-5,7H,1-2H3,(H,15,16). The van der Waals surface area contributed by atoms with E-state index >= 15 is 0 Å². The summed E-state index contributed by atoms with van der Waals surface area (Å²) in [6.45, 7) is 3.44. The van der Waals surface area contributed by atoms with Gasteiger partial charge in [-0.1, -0.05) is 6.07 Å². The van der Waals surface area contributed by atoms with Gasteiger partial charge in [-0.05, 0) is 31.5 Å². The number of hydrogen-bond acceptors (Lipinski definition) is 3. The molecule has 1 atom stereocenters. The SMILES string of the molecule is Cc1ccc2c(c1)N=C(C(=O)O)C(C)C2=O. The lowest BCUT2D eigenvalue weighted by Crippen LogP contribution is -2.30. The van der Waals surface area contributed by atoms with E-state index in [1.165, 1.54) is 0 Å². The van der Waals surface area contributed by atoms with Crippen molar-refractivity contribution < 1.29 is 14.7 Å². The molecule has 1 aromatic rings. The molecule has 0 saturated heterocycles. The van der Waals surface area contributed by atoms with Crippen LogP contribution < -0.4 is 0 Å². The number of nitrogens with zero attached hydrogens (tertiary/aromatic N) is 1. The summed E-state index contributed by atoms with van der Waals surface area (Å²) in [6.07, 6.45) is 0. The number of ketones is 1. The summed E-state index contributed by atoms with van der Waals surface area (Å²) in [6, 6.07) is 5.25. The summed E-state index contributed by atoms with van der Waals surface area (Å²) in [4.78, 5) is 26.9. The number of aryl methyl sites for hydroxylation is 1. The van der Waals surface area contributed by atoms with Crippen molar-refractivity contribution in [3.63, 3.8) is 0 Å². The third kappa shape index (κ3) is 1.52. The number of carboxylic acids is 1. The third-order valence-corrected chi connectivity index (χ3v) is 2.68. The molecule has 1 heterocycles. The summed E-state index contributed by atoms with van der Waals surface area (Å²) in [5, 5.41) is 8.94. The maximum Gasteiger partial charge on any atom is 0.351 e. The maximum absolute atomic E-state index is 11.9. The fourth-order valence-corrected chi connectivity index (χ4v) is 1.76. The van der Waals surface area contributed by atoms with Gasteiger partial charge in [0, 0.05) is 5.56 Å². The molecule has 0 spiro atoms. The number of fused-ring (bicyclic) bond motifs is 1. The first-order valence-corrected chi connectivity index (χ1v) is 4.97. The molecule has 0 amide bonds.